The fourth-order valence-corrected chi connectivity index (χ4v) is 3.06. The van der Waals surface area contributed by atoms with E-state index in [1.807, 2.05) is 0 Å². The highest BCUT2D eigenvalue weighted by atomic mass is 16.5. The molecule has 1 saturated heterocycles. The number of rotatable bonds is 2. The number of benzene rings is 1. The lowest BCUT2D eigenvalue weighted by Crippen LogP contribution is -2.47. The minimum atomic E-state index is -1.04. The number of aliphatic hydroxyl groups is 1. The summed E-state index contributed by atoms with van der Waals surface area (Å²) in [6.07, 6.45) is 0.881. The minimum absolute atomic E-state index is 0.231. The molecule has 2 atom stereocenters. The number of methoxy groups -OCH3 is 1. The Labute approximate surface area is 143 Å². The topological polar surface area (TPSA) is 120 Å². The summed E-state index contributed by atoms with van der Waals surface area (Å²) in [5.74, 6) is -0.664. The van der Waals surface area contributed by atoms with Crippen LogP contribution in [0, 0.1) is 11.3 Å². The van der Waals surface area contributed by atoms with Crippen molar-refractivity contribution in [3.8, 4) is 6.07 Å². The molecule has 2 amide bonds. The Morgan fingerprint density at radius 2 is 2.24 bits per heavy atom. The molecule has 2 aromatic rings. The molecule has 1 aliphatic heterocycles. The lowest BCUT2D eigenvalue weighted by Gasteiger charge is -2.24. The smallest absolute Gasteiger partial charge is 0.331 e. The number of carbonyl (C=O) groups excluding carboxylic acids is 2. The van der Waals surface area contributed by atoms with Gasteiger partial charge in [-0.3, -0.25) is 0 Å². The van der Waals surface area contributed by atoms with E-state index in [1.165, 1.54) is 12.0 Å². The van der Waals surface area contributed by atoms with Gasteiger partial charge in [0, 0.05) is 13.6 Å². The number of nitrogens with zero attached hydrogens (tertiary/aromatic N) is 4. The first kappa shape index (κ1) is 16.7. The summed E-state index contributed by atoms with van der Waals surface area (Å²) < 4.78 is 6.36. The van der Waals surface area contributed by atoms with Gasteiger partial charge in [-0.25, -0.2) is 14.6 Å². The van der Waals surface area contributed by atoms with Gasteiger partial charge < -0.3 is 24.6 Å². The number of hydrogen-bond acceptors (Lipinski definition) is 6. The van der Waals surface area contributed by atoms with E-state index in [0.29, 0.717) is 28.7 Å². The van der Waals surface area contributed by atoms with Crippen LogP contribution in [-0.4, -0.2) is 57.4 Å². The molecule has 1 aromatic carbocycles. The molecule has 130 valence electrons. The Bertz CT molecular complexity index is 885. The Kier molecular flexibility index (Phi) is 4.29. The van der Waals surface area contributed by atoms with E-state index < -0.39 is 24.1 Å². The number of nitriles is 1. The normalized spacial score (nSPS) is 19.7. The van der Waals surface area contributed by atoms with Crippen molar-refractivity contribution in [1.82, 2.24) is 14.5 Å². The second-order valence-corrected chi connectivity index (χ2v) is 5.77. The molecule has 25 heavy (non-hydrogen) atoms. The minimum Gasteiger partial charge on any atom is -0.467 e. The van der Waals surface area contributed by atoms with E-state index in [-0.39, 0.29) is 6.54 Å². The maximum Gasteiger partial charge on any atom is 0.331 e. The number of hydrogen-bond donors (Lipinski definition) is 2. The molecule has 1 aromatic heterocycles. The molecular formula is C16H17N5O4. The lowest BCUT2D eigenvalue weighted by molar-refractivity contribution is -0.147. The molecule has 9 nitrogen and oxygen atoms in total. The number of esters is 1. The van der Waals surface area contributed by atoms with Crippen LogP contribution in [0.3, 0.4) is 0 Å². The van der Waals surface area contributed by atoms with Crippen molar-refractivity contribution in [2.45, 2.75) is 18.6 Å². The number of nitrogens with one attached hydrogen (secondary N) is 1. The Hall–Kier alpha value is -3.12. The van der Waals surface area contributed by atoms with Crippen molar-refractivity contribution in [2.24, 2.45) is 7.05 Å². The molecular weight excluding hydrogens is 326 g/mol. The number of anilines is 1. The van der Waals surface area contributed by atoms with Crippen LogP contribution in [0.5, 0.6) is 0 Å². The van der Waals surface area contributed by atoms with Crippen LogP contribution in [0.1, 0.15) is 12.0 Å². The number of urea groups is 1. The van der Waals surface area contributed by atoms with Gasteiger partial charge in [0.15, 0.2) is 6.04 Å². The van der Waals surface area contributed by atoms with Crippen LogP contribution in [-0.2, 0) is 16.6 Å². The van der Waals surface area contributed by atoms with E-state index in [2.05, 4.69) is 21.1 Å². The molecule has 0 aliphatic carbocycles. The number of likely N-dealkylation sites (tertiary alicyclic amines) is 1. The summed E-state index contributed by atoms with van der Waals surface area (Å²) in [5.41, 5.74) is 1.94. The summed E-state index contributed by atoms with van der Waals surface area (Å²) in [6.45, 7) is 0.231. The highest BCUT2D eigenvalue weighted by molar-refractivity contribution is 6.01. The van der Waals surface area contributed by atoms with Gasteiger partial charge >= 0.3 is 12.0 Å². The van der Waals surface area contributed by atoms with E-state index in [0.717, 1.165) is 0 Å². The third kappa shape index (κ3) is 2.77. The molecule has 0 spiro atoms. The zero-order valence-corrected chi connectivity index (χ0v) is 13.8. The first-order valence-electron chi connectivity index (χ1n) is 7.65. The van der Waals surface area contributed by atoms with Crippen LogP contribution >= 0.6 is 0 Å². The van der Waals surface area contributed by atoms with Crippen LogP contribution in [0.2, 0.25) is 0 Å². The Morgan fingerprint density at radius 3 is 2.92 bits per heavy atom. The van der Waals surface area contributed by atoms with Crippen molar-refractivity contribution in [3.05, 3.63) is 24.0 Å². The molecule has 0 bridgehead atoms. The van der Waals surface area contributed by atoms with Gasteiger partial charge in [0.05, 0.1) is 36.3 Å². The van der Waals surface area contributed by atoms with E-state index in [1.54, 1.807) is 30.1 Å². The van der Waals surface area contributed by atoms with E-state index >= 15 is 0 Å². The number of fused-ring (bicyclic) bond motifs is 1. The lowest BCUT2D eigenvalue weighted by atomic mass is 10.1. The quantitative estimate of drug-likeness (QED) is 0.770. The van der Waals surface area contributed by atoms with Gasteiger partial charge in [-0.1, -0.05) is 0 Å². The van der Waals surface area contributed by atoms with E-state index in [4.69, 9.17) is 0 Å². The molecule has 9 heteroatoms. The molecule has 2 N–H and O–H groups in total. The van der Waals surface area contributed by atoms with Crippen LogP contribution < -0.4 is 5.32 Å². The van der Waals surface area contributed by atoms with Gasteiger partial charge in [-0.05, 0) is 18.6 Å². The summed E-state index contributed by atoms with van der Waals surface area (Å²) in [7, 11) is 2.97. The maximum absolute atomic E-state index is 12.6. The molecule has 2 heterocycles. The van der Waals surface area contributed by atoms with Crippen LogP contribution in [0.15, 0.2) is 18.5 Å². The van der Waals surface area contributed by atoms with Crippen molar-refractivity contribution in [1.29, 1.82) is 5.26 Å². The van der Waals surface area contributed by atoms with Crippen molar-refractivity contribution >= 4 is 28.7 Å². The zero-order chi connectivity index (χ0) is 18.1. The average molecular weight is 343 g/mol. The Morgan fingerprint density at radius 1 is 1.48 bits per heavy atom. The van der Waals surface area contributed by atoms with Gasteiger partial charge in [0.2, 0.25) is 0 Å². The highest BCUT2D eigenvalue weighted by Gasteiger charge is 2.42. The molecule has 3 rings (SSSR count). The predicted octanol–water partition coefficient (Wildman–Crippen LogP) is 0.585. The third-order valence-electron chi connectivity index (χ3n) is 4.30. The largest absolute Gasteiger partial charge is 0.467 e. The highest BCUT2D eigenvalue weighted by Crippen LogP contribution is 2.26. The molecule has 0 radical (unpaired) electrons. The second-order valence-electron chi connectivity index (χ2n) is 5.77. The van der Waals surface area contributed by atoms with Crippen LogP contribution in [0.25, 0.3) is 11.0 Å². The van der Waals surface area contributed by atoms with Gasteiger partial charge in [-0.2, -0.15) is 5.26 Å². The first-order valence-corrected chi connectivity index (χ1v) is 7.65. The van der Waals surface area contributed by atoms with Gasteiger partial charge in [-0.15, -0.1) is 0 Å². The Balaban J connectivity index is 1.90. The van der Waals surface area contributed by atoms with Crippen LogP contribution in [0.4, 0.5) is 10.5 Å². The number of amides is 2. The number of aliphatic hydroxyl groups excluding tert-OH is 1. The van der Waals surface area contributed by atoms with Gasteiger partial charge in [0.1, 0.15) is 11.6 Å². The summed E-state index contributed by atoms with van der Waals surface area (Å²) in [6, 6.07) is 3.69. The fourth-order valence-electron chi connectivity index (χ4n) is 3.06. The molecule has 1 aliphatic rings. The average Bonchev–Trinajstić information content (AvgIpc) is 3.18. The second kappa shape index (κ2) is 6.41. The molecule has 0 unspecified atom stereocenters. The molecule has 1 fully saturated rings. The summed E-state index contributed by atoms with van der Waals surface area (Å²) in [5, 5.41) is 21.9. The fraction of sp³-hybridized carbons (Fsp3) is 0.375. The number of imidazole rings is 1. The summed E-state index contributed by atoms with van der Waals surface area (Å²) in [4.78, 5) is 29.9. The standard InChI is InChI=1S/C16H17N5O4/c1-20-8-18-12-10(4-3-9(7-17)13(12)20)19-16(24)21-6-5-11(22)14(21)15(23)25-2/h3-4,8,11,14,22H,5-6H2,1-2H3,(H,19,24)/t11-,14-/m0/s1. The number of aromatic nitrogens is 2. The predicted molar refractivity (Wildman–Crippen MR) is 87.6 cm³/mol. The number of aryl methyl sites for hydroxylation is 1. The van der Waals surface area contributed by atoms with E-state index in [9.17, 15) is 20.0 Å². The van der Waals surface area contributed by atoms with Gasteiger partial charge in [0.25, 0.3) is 0 Å². The van der Waals surface area contributed by atoms with Crippen molar-refractivity contribution in [3.63, 3.8) is 0 Å². The number of carbonyl (C=O) groups is 2. The monoisotopic (exact) mass is 343 g/mol. The zero-order valence-electron chi connectivity index (χ0n) is 13.8. The van der Waals surface area contributed by atoms with Crippen molar-refractivity contribution < 1.29 is 19.4 Å². The SMILES string of the molecule is COC(=O)[C@@H]1[C@@H](O)CCN1C(=O)Nc1ccc(C#N)c2c1ncn2C. The summed E-state index contributed by atoms with van der Waals surface area (Å²) >= 11 is 0. The number of ether oxygens (including phenoxy) is 1. The van der Waals surface area contributed by atoms with Crippen molar-refractivity contribution in [2.75, 3.05) is 19.0 Å². The maximum atomic E-state index is 12.6. The third-order valence-corrected chi connectivity index (χ3v) is 4.30. The molecule has 0 saturated carbocycles. The first-order chi connectivity index (χ1) is 12.0.